The molecule has 1 nitrogen and oxygen atoms in total. The van der Waals surface area contributed by atoms with Gasteiger partial charge in [-0.25, -0.2) is 0 Å². The molecule has 0 aromatic heterocycles. The first kappa shape index (κ1) is 10.5. The van der Waals surface area contributed by atoms with Gasteiger partial charge in [0.2, 0.25) is 0 Å². The van der Waals surface area contributed by atoms with Gasteiger partial charge in [0.1, 0.15) is 0 Å². The van der Waals surface area contributed by atoms with Gasteiger partial charge < -0.3 is 0 Å². The van der Waals surface area contributed by atoms with Gasteiger partial charge in [-0.05, 0) is 17.8 Å². The lowest BCUT2D eigenvalue weighted by Gasteiger charge is -2.23. The largest absolute Gasteiger partial charge is 0.198 e. The van der Waals surface area contributed by atoms with Gasteiger partial charge >= 0.3 is 0 Å². The molecule has 0 bridgehead atoms. The number of nitriles is 1. The Kier molecular flexibility index (Phi) is 3.58. The van der Waals surface area contributed by atoms with Crippen molar-refractivity contribution in [2.24, 2.45) is 17.3 Å². The van der Waals surface area contributed by atoms with Crippen LogP contribution in [-0.4, -0.2) is 0 Å². The summed E-state index contributed by atoms with van der Waals surface area (Å²) in [5, 5.41) is 8.81. The van der Waals surface area contributed by atoms with Gasteiger partial charge in [-0.1, -0.05) is 34.6 Å². The highest BCUT2D eigenvalue weighted by Gasteiger charge is 2.20. The van der Waals surface area contributed by atoms with Gasteiger partial charge in [0, 0.05) is 5.92 Å². The zero-order chi connectivity index (χ0) is 9.07. The predicted octanol–water partition coefficient (Wildman–Crippen LogP) is 3.22. The van der Waals surface area contributed by atoms with Crippen molar-refractivity contribution in [1.29, 1.82) is 5.26 Å². The molecule has 0 heterocycles. The fourth-order valence-electron chi connectivity index (χ4n) is 1.09. The number of hydrogen-bond acceptors (Lipinski definition) is 1. The molecule has 0 aromatic carbocycles. The Balaban J connectivity index is 4.02. The van der Waals surface area contributed by atoms with E-state index < -0.39 is 0 Å². The normalized spacial score (nSPS) is 14.6. The summed E-state index contributed by atoms with van der Waals surface area (Å²) in [4.78, 5) is 0. The minimum absolute atomic E-state index is 0.218. The van der Waals surface area contributed by atoms with Crippen LogP contribution in [0.1, 0.15) is 41.0 Å². The van der Waals surface area contributed by atoms with Gasteiger partial charge in [-0.2, -0.15) is 5.26 Å². The quantitative estimate of drug-likeness (QED) is 0.597. The lowest BCUT2D eigenvalue weighted by atomic mass is 9.80. The predicted molar refractivity (Wildman–Crippen MR) is 48.0 cm³/mol. The molecule has 0 spiro atoms. The van der Waals surface area contributed by atoms with E-state index in [9.17, 15) is 0 Å². The molecule has 0 aliphatic carbocycles. The molecule has 0 amide bonds. The fourth-order valence-corrected chi connectivity index (χ4v) is 1.09. The molecule has 0 unspecified atom stereocenters. The van der Waals surface area contributed by atoms with Crippen molar-refractivity contribution >= 4 is 0 Å². The second-order valence-corrected chi connectivity index (χ2v) is 4.74. The van der Waals surface area contributed by atoms with E-state index in [2.05, 4.69) is 40.7 Å². The third kappa shape index (κ3) is 4.84. The van der Waals surface area contributed by atoms with Gasteiger partial charge in [-0.3, -0.25) is 0 Å². The minimum Gasteiger partial charge on any atom is -0.198 e. The van der Waals surface area contributed by atoms with Crippen molar-refractivity contribution in [2.75, 3.05) is 0 Å². The van der Waals surface area contributed by atoms with Crippen molar-refractivity contribution in [2.45, 2.75) is 41.0 Å². The van der Waals surface area contributed by atoms with Crippen LogP contribution in [-0.2, 0) is 0 Å². The first-order chi connectivity index (χ1) is 4.87. The monoisotopic (exact) mass is 153 g/mol. The summed E-state index contributed by atoms with van der Waals surface area (Å²) in [5.74, 6) is 0.703. The Morgan fingerprint density at radius 1 is 1.27 bits per heavy atom. The Hall–Kier alpha value is -0.510. The molecule has 64 valence electrons. The van der Waals surface area contributed by atoms with E-state index in [4.69, 9.17) is 5.26 Å². The van der Waals surface area contributed by atoms with Crippen molar-refractivity contribution in [3.63, 3.8) is 0 Å². The number of hydrogen-bond donors (Lipinski definition) is 0. The summed E-state index contributed by atoms with van der Waals surface area (Å²) >= 11 is 0. The Morgan fingerprint density at radius 3 is 1.82 bits per heavy atom. The summed E-state index contributed by atoms with van der Waals surface area (Å²) in [6.45, 7) is 10.8. The molecule has 0 fully saturated rings. The van der Waals surface area contributed by atoms with Crippen LogP contribution in [0.2, 0.25) is 0 Å². The highest BCUT2D eigenvalue weighted by molar-refractivity contribution is 4.87. The smallest absolute Gasteiger partial charge is 0.0658 e. The first-order valence-corrected chi connectivity index (χ1v) is 4.26. The second kappa shape index (κ2) is 3.76. The van der Waals surface area contributed by atoms with Crippen LogP contribution in [0.5, 0.6) is 0 Å². The van der Waals surface area contributed by atoms with Crippen molar-refractivity contribution < 1.29 is 0 Å². The zero-order valence-electron chi connectivity index (χ0n) is 8.31. The Labute approximate surface area is 70.4 Å². The van der Waals surface area contributed by atoms with Crippen LogP contribution in [0.25, 0.3) is 0 Å². The van der Waals surface area contributed by atoms with Crippen LogP contribution >= 0.6 is 0 Å². The van der Waals surface area contributed by atoms with E-state index in [-0.39, 0.29) is 11.3 Å². The van der Waals surface area contributed by atoms with Crippen LogP contribution in [0.4, 0.5) is 0 Å². The maximum atomic E-state index is 8.81. The van der Waals surface area contributed by atoms with Crippen LogP contribution in [0.3, 0.4) is 0 Å². The molecule has 0 radical (unpaired) electrons. The maximum absolute atomic E-state index is 8.81. The third-order valence-electron chi connectivity index (χ3n) is 1.80. The molecular formula is C10H19N. The summed E-state index contributed by atoms with van der Waals surface area (Å²) < 4.78 is 0. The van der Waals surface area contributed by atoms with Gasteiger partial charge in [-0.15, -0.1) is 0 Å². The average Bonchev–Trinajstić information content (AvgIpc) is 1.80. The van der Waals surface area contributed by atoms with Crippen molar-refractivity contribution in [3.05, 3.63) is 0 Å². The highest BCUT2D eigenvalue weighted by Crippen LogP contribution is 2.27. The number of nitrogens with zero attached hydrogens (tertiary/aromatic N) is 1. The molecule has 0 saturated carbocycles. The zero-order valence-corrected chi connectivity index (χ0v) is 8.31. The Morgan fingerprint density at radius 2 is 1.73 bits per heavy atom. The molecular weight excluding hydrogens is 134 g/mol. The van der Waals surface area contributed by atoms with Gasteiger partial charge in [0.15, 0.2) is 0 Å². The summed E-state index contributed by atoms with van der Waals surface area (Å²) in [5.41, 5.74) is 0.282. The van der Waals surface area contributed by atoms with Crippen molar-refractivity contribution in [3.8, 4) is 6.07 Å². The maximum Gasteiger partial charge on any atom is 0.0658 e. The standard InChI is InChI=1S/C10H19N/c1-8(2)9(7-11)6-10(3,4)5/h8-9H,6H2,1-5H3/t9-/m1/s1. The SMILES string of the molecule is CC(C)[C@@H](C#N)CC(C)(C)C. The van der Waals surface area contributed by atoms with E-state index in [1.807, 2.05) is 0 Å². The summed E-state index contributed by atoms with van der Waals surface area (Å²) in [6.07, 6.45) is 1.00. The van der Waals surface area contributed by atoms with Crippen molar-refractivity contribution in [1.82, 2.24) is 0 Å². The molecule has 1 atom stereocenters. The lowest BCUT2D eigenvalue weighted by Crippen LogP contribution is -2.16. The first-order valence-electron chi connectivity index (χ1n) is 4.26. The van der Waals surface area contributed by atoms with E-state index in [0.717, 1.165) is 6.42 Å². The fraction of sp³-hybridized carbons (Fsp3) is 0.900. The highest BCUT2D eigenvalue weighted by atomic mass is 14.3. The average molecular weight is 153 g/mol. The van der Waals surface area contributed by atoms with Crippen LogP contribution in [0.15, 0.2) is 0 Å². The minimum atomic E-state index is 0.218. The number of rotatable bonds is 2. The van der Waals surface area contributed by atoms with E-state index in [0.29, 0.717) is 5.92 Å². The summed E-state index contributed by atoms with van der Waals surface area (Å²) in [6, 6.07) is 2.36. The topological polar surface area (TPSA) is 23.8 Å². The molecule has 0 N–H and O–H groups in total. The van der Waals surface area contributed by atoms with Crippen LogP contribution in [0, 0.1) is 28.6 Å². The lowest BCUT2D eigenvalue weighted by molar-refractivity contribution is 0.288. The summed E-state index contributed by atoms with van der Waals surface area (Å²) in [7, 11) is 0. The molecule has 0 saturated heterocycles. The molecule has 0 aromatic rings. The van der Waals surface area contributed by atoms with Gasteiger partial charge in [0.05, 0.1) is 6.07 Å². The van der Waals surface area contributed by atoms with Crippen LogP contribution < -0.4 is 0 Å². The third-order valence-corrected chi connectivity index (χ3v) is 1.80. The molecule has 0 aliphatic rings. The Bertz CT molecular complexity index is 145. The van der Waals surface area contributed by atoms with E-state index >= 15 is 0 Å². The van der Waals surface area contributed by atoms with Gasteiger partial charge in [0.25, 0.3) is 0 Å². The molecule has 11 heavy (non-hydrogen) atoms. The molecule has 0 rings (SSSR count). The molecule has 0 aliphatic heterocycles. The molecule has 1 heteroatoms. The van der Waals surface area contributed by atoms with E-state index in [1.54, 1.807) is 0 Å². The van der Waals surface area contributed by atoms with E-state index in [1.165, 1.54) is 0 Å². The second-order valence-electron chi connectivity index (χ2n) is 4.74.